The highest BCUT2D eigenvalue weighted by atomic mass is 35.5. The number of carboxylic acid groups (broad SMARTS) is 1. The second kappa shape index (κ2) is 8.34. The number of hydrogen-bond acceptors (Lipinski definition) is 3. The molecule has 0 aromatic heterocycles. The Bertz CT molecular complexity index is 677. The second-order valence-corrected chi connectivity index (χ2v) is 6.79. The van der Waals surface area contributed by atoms with Crippen LogP contribution < -0.4 is 0 Å². The number of benzene rings is 1. The first-order valence-electron chi connectivity index (χ1n) is 8.34. The van der Waals surface area contributed by atoms with Gasteiger partial charge in [0.15, 0.2) is 0 Å². The van der Waals surface area contributed by atoms with Crippen LogP contribution >= 0.6 is 11.6 Å². The molecule has 6 nitrogen and oxygen atoms in total. The van der Waals surface area contributed by atoms with Gasteiger partial charge in [0.2, 0.25) is 5.91 Å². The maximum atomic E-state index is 12.7. The summed E-state index contributed by atoms with van der Waals surface area (Å²) in [5.41, 5.74) is 1.46. The van der Waals surface area contributed by atoms with E-state index < -0.39 is 5.97 Å². The Hall–Kier alpha value is -2.08. The Kier molecular flexibility index (Phi) is 6.42. The van der Waals surface area contributed by atoms with E-state index in [4.69, 9.17) is 16.7 Å². The molecule has 1 aromatic carbocycles. The molecule has 7 heteroatoms. The van der Waals surface area contributed by atoms with Crippen LogP contribution in [0.25, 0.3) is 0 Å². The molecule has 1 saturated heterocycles. The van der Waals surface area contributed by atoms with Crippen molar-refractivity contribution in [3.05, 3.63) is 34.3 Å². The van der Waals surface area contributed by atoms with Crippen LogP contribution in [0.3, 0.4) is 0 Å². The van der Waals surface area contributed by atoms with Crippen LogP contribution in [0.4, 0.5) is 0 Å². The SMILES string of the molecule is CC(=O)N(CC(=O)O)C1CCCN(C(=O)c2ccc(C)c(Cl)c2)CC1. The van der Waals surface area contributed by atoms with Crippen molar-refractivity contribution in [1.29, 1.82) is 0 Å². The number of rotatable bonds is 4. The van der Waals surface area contributed by atoms with Crippen LogP contribution in [-0.4, -0.2) is 58.4 Å². The highest BCUT2D eigenvalue weighted by Gasteiger charge is 2.28. The standard InChI is InChI=1S/C18H23ClN2O4/c1-12-5-6-14(10-16(12)19)18(25)20-8-3-4-15(7-9-20)21(13(2)22)11-17(23)24/h5-6,10,15H,3-4,7-9,11H2,1-2H3,(H,23,24). The Labute approximate surface area is 152 Å². The molecular weight excluding hydrogens is 344 g/mol. The molecule has 1 heterocycles. The van der Waals surface area contributed by atoms with Gasteiger partial charge in [0.25, 0.3) is 5.91 Å². The highest BCUT2D eigenvalue weighted by Crippen LogP contribution is 2.21. The van der Waals surface area contributed by atoms with Crippen molar-refractivity contribution in [1.82, 2.24) is 9.80 Å². The van der Waals surface area contributed by atoms with Gasteiger partial charge in [-0.3, -0.25) is 14.4 Å². The molecule has 1 N–H and O–H groups in total. The summed E-state index contributed by atoms with van der Waals surface area (Å²) >= 11 is 6.11. The average molecular weight is 367 g/mol. The average Bonchev–Trinajstić information content (AvgIpc) is 2.80. The lowest BCUT2D eigenvalue weighted by atomic mass is 10.1. The van der Waals surface area contributed by atoms with Crippen LogP contribution in [0.1, 0.15) is 42.1 Å². The van der Waals surface area contributed by atoms with Crippen LogP contribution in [0, 0.1) is 6.92 Å². The molecule has 0 saturated carbocycles. The van der Waals surface area contributed by atoms with E-state index in [9.17, 15) is 14.4 Å². The van der Waals surface area contributed by atoms with Gasteiger partial charge in [0, 0.05) is 36.6 Å². The number of carbonyl (C=O) groups excluding carboxylic acids is 2. The summed E-state index contributed by atoms with van der Waals surface area (Å²) in [5, 5.41) is 9.56. The van der Waals surface area contributed by atoms with Crippen molar-refractivity contribution < 1.29 is 19.5 Å². The first-order chi connectivity index (χ1) is 11.8. The lowest BCUT2D eigenvalue weighted by Crippen LogP contribution is -2.43. The summed E-state index contributed by atoms with van der Waals surface area (Å²) in [6.07, 6.45) is 1.98. The summed E-state index contributed by atoms with van der Waals surface area (Å²) in [4.78, 5) is 38.6. The van der Waals surface area contributed by atoms with Gasteiger partial charge in [-0.15, -0.1) is 0 Å². The van der Waals surface area contributed by atoms with E-state index in [0.29, 0.717) is 36.5 Å². The van der Waals surface area contributed by atoms with Crippen molar-refractivity contribution in [2.24, 2.45) is 0 Å². The number of nitrogens with zero attached hydrogens (tertiary/aromatic N) is 2. The van der Waals surface area contributed by atoms with Crippen LogP contribution in [-0.2, 0) is 9.59 Å². The summed E-state index contributed by atoms with van der Waals surface area (Å²) in [6, 6.07) is 5.10. The molecule has 0 spiro atoms. The number of hydrogen-bond donors (Lipinski definition) is 1. The number of likely N-dealkylation sites (tertiary alicyclic amines) is 1. The van der Waals surface area contributed by atoms with Crippen LogP contribution in [0.5, 0.6) is 0 Å². The Balaban J connectivity index is 2.07. The molecular formula is C18H23ClN2O4. The first-order valence-corrected chi connectivity index (χ1v) is 8.72. The molecule has 25 heavy (non-hydrogen) atoms. The third-order valence-corrected chi connectivity index (χ3v) is 4.96. The van der Waals surface area contributed by atoms with E-state index in [1.54, 1.807) is 17.0 Å². The van der Waals surface area contributed by atoms with Crippen molar-refractivity contribution in [2.75, 3.05) is 19.6 Å². The van der Waals surface area contributed by atoms with E-state index in [1.807, 2.05) is 13.0 Å². The fourth-order valence-corrected chi connectivity index (χ4v) is 3.33. The zero-order valence-electron chi connectivity index (χ0n) is 14.5. The Morgan fingerprint density at radius 3 is 2.60 bits per heavy atom. The van der Waals surface area contributed by atoms with Crippen LogP contribution in [0.2, 0.25) is 5.02 Å². The molecule has 1 atom stereocenters. The topological polar surface area (TPSA) is 77.9 Å². The van der Waals surface area contributed by atoms with Gasteiger partial charge in [-0.2, -0.15) is 0 Å². The minimum Gasteiger partial charge on any atom is -0.480 e. The first kappa shape index (κ1) is 19.2. The van der Waals surface area contributed by atoms with Gasteiger partial charge in [-0.1, -0.05) is 17.7 Å². The summed E-state index contributed by atoms with van der Waals surface area (Å²) in [6.45, 7) is 4.02. The molecule has 2 amide bonds. The van der Waals surface area contributed by atoms with Gasteiger partial charge < -0.3 is 14.9 Å². The van der Waals surface area contributed by atoms with E-state index >= 15 is 0 Å². The van der Waals surface area contributed by atoms with Gasteiger partial charge in [-0.05, 0) is 43.9 Å². The normalized spacial score (nSPS) is 17.7. The predicted molar refractivity (Wildman–Crippen MR) is 94.8 cm³/mol. The quantitative estimate of drug-likeness (QED) is 0.888. The second-order valence-electron chi connectivity index (χ2n) is 6.38. The van der Waals surface area contributed by atoms with Gasteiger partial charge in [0.05, 0.1) is 0 Å². The largest absolute Gasteiger partial charge is 0.480 e. The number of carbonyl (C=O) groups is 3. The van der Waals surface area contributed by atoms with Crippen molar-refractivity contribution in [3.8, 4) is 0 Å². The highest BCUT2D eigenvalue weighted by molar-refractivity contribution is 6.31. The molecule has 1 aromatic rings. The smallest absolute Gasteiger partial charge is 0.323 e. The third-order valence-electron chi connectivity index (χ3n) is 4.55. The Morgan fingerprint density at radius 1 is 1.28 bits per heavy atom. The summed E-state index contributed by atoms with van der Waals surface area (Å²) < 4.78 is 0. The van der Waals surface area contributed by atoms with E-state index in [-0.39, 0.29) is 24.4 Å². The van der Waals surface area contributed by atoms with E-state index in [1.165, 1.54) is 11.8 Å². The van der Waals surface area contributed by atoms with Gasteiger partial charge >= 0.3 is 5.97 Å². The lowest BCUT2D eigenvalue weighted by Gasteiger charge is -2.28. The van der Waals surface area contributed by atoms with E-state index in [0.717, 1.165) is 12.0 Å². The molecule has 136 valence electrons. The molecule has 2 rings (SSSR count). The summed E-state index contributed by atoms with van der Waals surface area (Å²) in [5.74, 6) is -1.37. The minimum atomic E-state index is -1.03. The van der Waals surface area contributed by atoms with Gasteiger partial charge in [0.1, 0.15) is 6.54 Å². The Morgan fingerprint density at radius 2 is 2.00 bits per heavy atom. The number of amides is 2. The third kappa shape index (κ3) is 4.95. The predicted octanol–water partition coefficient (Wildman–Crippen LogP) is 2.58. The zero-order chi connectivity index (χ0) is 18.6. The maximum Gasteiger partial charge on any atom is 0.323 e. The monoisotopic (exact) mass is 366 g/mol. The van der Waals surface area contributed by atoms with E-state index in [2.05, 4.69) is 0 Å². The zero-order valence-corrected chi connectivity index (χ0v) is 15.3. The fraction of sp³-hybridized carbons (Fsp3) is 0.500. The number of halogens is 1. The molecule has 1 aliphatic rings. The minimum absolute atomic E-state index is 0.0878. The fourth-order valence-electron chi connectivity index (χ4n) is 3.15. The molecule has 0 bridgehead atoms. The maximum absolute atomic E-state index is 12.7. The molecule has 0 aliphatic carbocycles. The number of aryl methyl sites for hydroxylation is 1. The molecule has 1 unspecified atom stereocenters. The number of aliphatic carboxylic acids is 1. The number of carboxylic acids is 1. The molecule has 1 aliphatic heterocycles. The van der Waals surface area contributed by atoms with Gasteiger partial charge in [-0.25, -0.2) is 0 Å². The molecule has 0 radical (unpaired) electrons. The van der Waals surface area contributed by atoms with Crippen molar-refractivity contribution in [3.63, 3.8) is 0 Å². The van der Waals surface area contributed by atoms with Crippen molar-refractivity contribution in [2.45, 2.75) is 39.2 Å². The van der Waals surface area contributed by atoms with Crippen molar-refractivity contribution >= 4 is 29.4 Å². The lowest BCUT2D eigenvalue weighted by molar-refractivity contribution is -0.145. The van der Waals surface area contributed by atoms with Crippen LogP contribution in [0.15, 0.2) is 18.2 Å². The summed E-state index contributed by atoms with van der Waals surface area (Å²) in [7, 11) is 0. The molecule has 1 fully saturated rings.